The van der Waals surface area contributed by atoms with Crippen molar-refractivity contribution in [2.45, 2.75) is 26.0 Å². The smallest absolute Gasteiger partial charge is 0.221 e. The maximum Gasteiger partial charge on any atom is 0.221 e. The minimum atomic E-state index is -0.530. The van der Waals surface area contributed by atoms with E-state index in [-0.39, 0.29) is 6.61 Å². The van der Waals surface area contributed by atoms with Crippen LogP contribution in [0.1, 0.15) is 13.8 Å². The number of benzene rings is 1. The predicted molar refractivity (Wildman–Crippen MR) is 92.0 cm³/mol. The molecule has 2 aromatic heterocycles. The van der Waals surface area contributed by atoms with Gasteiger partial charge in [0.15, 0.2) is 0 Å². The Kier molecular flexibility index (Phi) is 4.95. The lowest BCUT2D eigenvalue weighted by molar-refractivity contribution is 0.104. The summed E-state index contributed by atoms with van der Waals surface area (Å²) in [6.07, 6.45) is -0.530. The molecular weight excluding hydrogens is 312 g/mol. The molecule has 0 aliphatic carbocycles. The molecule has 0 amide bonds. The number of fused-ring (bicyclic) bond motifs is 1. The SMILES string of the molecule is CC(C)NCC(O)COc1ccc(-c2noc3sccc23)cc1. The van der Waals surface area contributed by atoms with Crippen molar-refractivity contribution in [3.8, 4) is 17.0 Å². The number of aliphatic hydroxyl groups is 1. The summed E-state index contributed by atoms with van der Waals surface area (Å²) in [6.45, 7) is 4.87. The van der Waals surface area contributed by atoms with Gasteiger partial charge < -0.3 is 19.7 Å². The molecule has 3 rings (SSSR count). The zero-order valence-electron chi connectivity index (χ0n) is 13.2. The third-order valence-electron chi connectivity index (χ3n) is 3.44. The van der Waals surface area contributed by atoms with Crippen LogP contribution in [0.5, 0.6) is 5.75 Å². The second-order valence-corrected chi connectivity index (χ2v) is 6.58. The van der Waals surface area contributed by atoms with Gasteiger partial charge in [-0.2, -0.15) is 0 Å². The fraction of sp³-hybridized carbons (Fsp3) is 0.353. The van der Waals surface area contributed by atoms with E-state index in [1.165, 1.54) is 11.3 Å². The van der Waals surface area contributed by atoms with E-state index in [1.807, 2.05) is 49.6 Å². The second-order valence-electron chi connectivity index (χ2n) is 5.71. The quantitative estimate of drug-likeness (QED) is 0.695. The molecule has 6 heteroatoms. The Morgan fingerprint density at radius 2 is 2.04 bits per heavy atom. The highest BCUT2D eigenvalue weighted by molar-refractivity contribution is 7.16. The van der Waals surface area contributed by atoms with Gasteiger partial charge in [-0.25, -0.2) is 0 Å². The van der Waals surface area contributed by atoms with Gasteiger partial charge in [0.2, 0.25) is 4.90 Å². The summed E-state index contributed by atoms with van der Waals surface area (Å²) in [7, 11) is 0. The maximum atomic E-state index is 9.85. The van der Waals surface area contributed by atoms with Crippen molar-refractivity contribution in [3.63, 3.8) is 0 Å². The summed E-state index contributed by atoms with van der Waals surface area (Å²) in [5.41, 5.74) is 1.82. The Morgan fingerprint density at radius 1 is 1.26 bits per heavy atom. The van der Waals surface area contributed by atoms with Crippen molar-refractivity contribution in [1.82, 2.24) is 10.5 Å². The molecule has 2 heterocycles. The van der Waals surface area contributed by atoms with Gasteiger partial charge in [-0.3, -0.25) is 0 Å². The molecule has 0 saturated carbocycles. The highest BCUT2D eigenvalue weighted by Crippen LogP contribution is 2.31. The number of thiophene rings is 1. The highest BCUT2D eigenvalue weighted by Gasteiger charge is 2.11. The topological polar surface area (TPSA) is 67.5 Å². The normalized spacial score (nSPS) is 12.9. The van der Waals surface area contributed by atoms with Crippen LogP contribution in [0.3, 0.4) is 0 Å². The number of nitrogens with one attached hydrogen (secondary N) is 1. The van der Waals surface area contributed by atoms with E-state index < -0.39 is 6.10 Å². The lowest BCUT2D eigenvalue weighted by Gasteiger charge is -2.15. The first kappa shape index (κ1) is 16.0. The van der Waals surface area contributed by atoms with Crippen LogP contribution in [0, 0.1) is 0 Å². The number of nitrogens with zero attached hydrogens (tertiary/aromatic N) is 1. The van der Waals surface area contributed by atoms with Gasteiger partial charge in [-0.05, 0) is 35.7 Å². The minimum Gasteiger partial charge on any atom is -0.491 e. The Bertz CT molecular complexity index is 749. The predicted octanol–water partition coefficient (Wildman–Crippen LogP) is 3.29. The molecule has 0 aliphatic heterocycles. The molecule has 0 saturated heterocycles. The van der Waals surface area contributed by atoms with Crippen molar-refractivity contribution in [1.29, 1.82) is 0 Å². The van der Waals surface area contributed by atoms with Crippen LogP contribution < -0.4 is 10.1 Å². The van der Waals surface area contributed by atoms with E-state index in [0.29, 0.717) is 12.6 Å². The van der Waals surface area contributed by atoms with Gasteiger partial charge in [0.1, 0.15) is 24.2 Å². The van der Waals surface area contributed by atoms with Gasteiger partial charge in [0, 0.05) is 18.2 Å². The van der Waals surface area contributed by atoms with Gasteiger partial charge in [-0.15, -0.1) is 11.3 Å². The Hall–Kier alpha value is -1.89. The number of aliphatic hydroxyl groups excluding tert-OH is 1. The zero-order valence-corrected chi connectivity index (χ0v) is 14.0. The molecule has 1 aromatic carbocycles. The summed E-state index contributed by atoms with van der Waals surface area (Å²) in [6, 6.07) is 10.0. The minimum absolute atomic E-state index is 0.262. The van der Waals surface area contributed by atoms with E-state index in [2.05, 4.69) is 10.5 Å². The van der Waals surface area contributed by atoms with Crippen molar-refractivity contribution >= 4 is 21.6 Å². The Balaban J connectivity index is 1.60. The molecule has 122 valence electrons. The molecule has 0 fully saturated rings. The molecule has 0 bridgehead atoms. The first-order valence-corrected chi connectivity index (χ1v) is 8.49. The van der Waals surface area contributed by atoms with Crippen molar-refractivity contribution in [2.24, 2.45) is 0 Å². The second kappa shape index (κ2) is 7.12. The van der Waals surface area contributed by atoms with Crippen LogP contribution in [0.2, 0.25) is 0 Å². The summed E-state index contributed by atoms with van der Waals surface area (Å²) in [5.74, 6) is 0.724. The van der Waals surface area contributed by atoms with Crippen molar-refractivity contribution in [2.75, 3.05) is 13.2 Å². The first-order chi connectivity index (χ1) is 11.1. The number of aromatic nitrogens is 1. The summed E-state index contributed by atoms with van der Waals surface area (Å²) < 4.78 is 10.9. The lowest BCUT2D eigenvalue weighted by Crippen LogP contribution is -2.35. The van der Waals surface area contributed by atoms with Gasteiger partial charge in [-0.1, -0.05) is 19.0 Å². The molecule has 23 heavy (non-hydrogen) atoms. The average molecular weight is 332 g/mol. The van der Waals surface area contributed by atoms with E-state index in [4.69, 9.17) is 9.26 Å². The van der Waals surface area contributed by atoms with Crippen LogP contribution in [0.25, 0.3) is 21.5 Å². The molecular formula is C17H20N2O3S. The number of rotatable bonds is 7. The highest BCUT2D eigenvalue weighted by atomic mass is 32.1. The number of ether oxygens (including phenoxy) is 1. The fourth-order valence-corrected chi connectivity index (χ4v) is 2.92. The van der Waals surface area contributed by atoms with Crippen LogP contribution in [0.15, 0.2) is 40.2 Å². The molecule has 1 atom stereocenters. The van der Waals surface area contributed by atoms with Crippen LogP contribution in [-0.4, -0.2) is 35.6 Å². The Morgan fingerprint density at radius 3 is 2.78 bits per heavy atom. The van der Waals surface area contributed by atoms with Crippen molar-refractivity contribution < 1.29 is 14.4 Å². The molecule has 0 radical (unpaired) electrons. The molecule has 1 unspecified atom stereocenters. The monoisotopic (exact) mass is 332 g/mol. The molecule has 2 N–H and O–H groups in total. The number of hydrogen-bond acceptors (Lipinski definition) is 6. The zero-order chi connectivity index (χ0) is 16.2. The van der Waals surface area contributed by atoms with Gasteiger partial charge in [0.05, 0.1) is 5.39 Å². The van der Waals surface area contributed by atoms with E-state index in [9.17, 15) is 5.11 Å². The average Bonchev–Trinajstić information content (AvgIpc) is 3.14. The van der Waals surface area contributed by atoms with Crippen molar-refractivity contribution in [3.05, 3.63) is 35.7 Å². The summed E-state index contributed by atoms with van der Waals surface area (Å²) in [4.78, 5) is 0.834. The molecule has 0 spiro atoms. The summed E-state index contributed by atoms with van der Waals surface area (Å²) >= 11 is 1.54. The van der Waals surface area contributed by atoms with Crippen LogP contribution in [0.4, 0.5) is 0 Å². The first-order valence-electron chi connectivity index (χ1n) is 7.61. The molecule has 5 nitrogen and oxygen atoms in total. The number of hydrogen-bond donors (Lipinski definition) is 2. The Labute approximate surface area is 138 Å². The standard InChI is InChI=1S/C17H20N2O3S/c1-11(2)18-9-13(20)10-21-14-5-3-12(4-6-14)16-15-7-8-23-17(15)22-19-16/h3-8,11,13,18,20H,9-10H2,1-2H3. The van der Waals surface area contributed by atoms with E-state index in [1.54, 1.807) is 0 Å². The third-order valence-corrected chi connectivity index (χ3v) is 4.22. The lowest BCUT2D eigenvalue weighted by atomic mass is 10.1. The van der Waals surface area contributed by atoms with Crippen LogP contribution in [-0.2, 0) is 0 Å². The van der Waals surface area contributed by atoms with Gasteiger partial charge >= 0.3 is 0 Å². The third kappa shape index (κ3) is 3.90. The van der Waals surface area contributed by atoms with E-state index >= 15 is 0 Å². The van der Waals surface area contributed by atoms with Gasteiger partial charge in [0.25, 0.3) is 0 Å². The fourth-order valence-electron chi connectivity index (χ4n) is 2.22. The summed E-state index contributed by atoms with van der Waals surface area (Å²) in [5, 5.41) is 20.2. The molecule has 3 aromatic rings. The largest absolute Gasteiger partial charge is 0.491 e. The molecule has 0 aliphatic rings. The van der Waals surface area contributed by atoms with E-state index in [0.717, 1.165) is 27.3 Å². The van der Waals surface area contributed by atoms with Crippen LogP contribution >= 0.6 is 11.3 Å². The maximum absolute atomic E-state index is 9.85.